The molecule has 1 fully saturated rings. The van der Waals surface area contributed by atoms with Crippen molar-refractivity contribution in [1.82, 2.24) is 9.47 Å². The number of hydrogen-bond donors (Lipinski definition) is 0. The van der Waals surface area contributed by atoms with Crippen molar-refractivity contribution >= 4 is 40.2 Å². The van der Waals surface area contributed by atoms with E-state index in [1.54, 1.807) is 34.9 Å². The van der Waals surface area contributed by atoms with Crippen molar-refractivity contribution in [2.45, 2.75) is 26.1 Å². The molecule has 2 aromatic rings. The van der Waals surface area contributed by atoms with E-state index in [0.29, 0.717) is 36.1 Å². The fraction of sp³-hybridized carbons (Fsp3) is 0.435. The Bertz CT molecular complexity index is 1200. The molecule has 3 heterocycles. The van der Waals surface area contributed by atoms with E-state index in [1.807, 2.05) is 6.08 Å². The summed E-state index contributed by atoms with van der Waals surface area (Å²) in [6, 6.07) is 6.22. The standard InChI is InChI=1S/C23H24F3N3O4S/c1-2-33-22(32)18-19(27-9-11-28(12-10-27)20(30)17-8-5-13-34-17)15-6-3-4-7-16(15)29(21(18)31)14-23(24,25)26/h3-4,6-8H,2,5,9-14H2,1H3. The number of fused-ring (bicyclic) bond motifs is 1. The SMILES string of the molecule is CCOC(=O)c1c(N2CCN(C(=O)C3=CCCS3)CC2)c2ccccc2n(CC(F)(F)F)c1=O. The molecule has 1 aromatic carbocycles. The molecular formula is C23H24F3N3O4S. The molecule has 0 atom stereocenters. The topological polar surface area (TPSA) is 71.8 Å². The highest BCUT2D eigenvalue weighted by Gasteiger charge is 2.34. The number of allylic oxidation sites excluding steroid dienone is 1. The van der Waals surface area contributed by atoms with Gasteiger partial charge in [-0.15, -0.1) is 11.8 Å². The molecule has 0 radical (unpaired) electrons. The summed E-state index contributed by atoms with van der Waals surface area (Å²) in [6.07, 6.45) is -1.88. The Morgan fingerprint density at radius 1 is 1.12 bits per heavy atom. The van der Waals surface area contributed by atoms with Crippen LogP contribution in [-0.2, 0) is 16.1 Å². The van der Waals surface area contributed by atoms with E-state index in [0.717, 1.165) is 17.1 Å². The van der Waals surface area contributed by atoms with Gasteiger partial charge >= 0.3 is 12.1 Å². The predicted octanol–water partition coefficient (Wildman–Crippen LogP) is 3.41. The summed E-state index contributed by atoms with van der Waals surface area (Å²) in [5.41, 5.74) is -1.13. The lowest BCUT2D eigenvalue weighted by atomic mass is 10.1. The van der Waals surface area contributed by atoms with E-state index in [4.69, 9.17) is 4.74 Å². The third-order valence-corrected chi connectivity index (χ3v) is 6.85. The van der Waals surface area contributed by atoms with Crippen LogP contribution in [0.3, 0.4) is 0 Å². The number of benzene rings is 1. The average molecular weight is 496 g/mol. The van der Waals surface area contributed by atoms with E-state index in [1.165, 1.54) is 17.8 Å². The molecule has 0 spiro atoms. The monoisotopic (exact) mass is 495 g/mol. The summed E-state index contributed by atoms with van der Waals surface area (Å²) in [4.78, 5) is 43.0. The second-order valence-electron chi connectivity index (χ2n) is 7.95. The Labute approximate surface area is 198 Å². The first-order valence-electron chi connectivity index (χ1n) is 11.0. The van der Waals surface area contributed by atoms with Gasteiger partial charge in [-0.05, 0) is 19.4 Å². The number of pyridine rings is 1. The molecule has 4 rings (SSSR count). The van der Waals surface area contributed by atoms with Gasteiger partial charge in [0.05, 0.1) is 22.7 Å². The highest BCUT2D eigenvalue weighted by molar-refractivity contribution is 8.04. The normalized spacial score (nSPS) is 16.6. The Balaban J connectivity index is 1.77. The number of carbonyl (C=O) groups excluding carboxylic acids is 2. The number of piperazine rings is 1. The maximum atomic E-state index is 13.3. The van der Waals surface area contributed by atoms with Crippen molar-refractivity contribution in [1.29, 1.82) is 0 Å². The highest BCUT2D eigenvalue weighted by Crippen LogP contribution is 2.33. The Kier molecular flexibility index (Phi) is 6.92. The summed E-state index contributed by atoms with van der Waals surface area (Å²) in [5, 5.41) is 0.350. The van der Waals surface area contributed by atoms with Crippen LogP contribution >= 0.6 is 11.8 Å². The number of nitrogens with zero attached hydrogens (tertiary/aromatic N) is 3. The molecule has 0 aliphatic carbocycles. The van der Waals surface area contributed by atoms with Crippen LogP contribution in [0.2, 0.25) is 0 Å². The number of esters is 1. The molecule has 0 N–H and O–H groups in total. The lowest BCUT2D eigenvalue weighted by molar-refractivity contribution is -0.140. The van der Waals surface area contributed by atoms with E-state index >= 15 is 0 Å². The summed E-state index contributed by atoms with van der Waals surface area (Å²) in [7, 11) is 0. The van der Waals surface area contributed by atoms with Crippen LogP contribution in [-0.4, -0.2) is 66.1 Å². The van der Waals surface area contributed by atoms with Crippen LogP contribution in [0, 0.1) is 0 Å². The van der Waals surface area contributed by atoms with Crippen LogP contribution in [0.1, 0.15) is 23.7 Å². The van der Waals surface area contributed by atoms with Gasteiger partial charge in [0.25, 0.3) is 11.5 Å². The van der Waals surface area contributed by atoms with Crippen LogP contribution in [0.15, 0.2) is 40.0 Å². The van der Waals surface area contributed by atoms with Crippen molar-refractivity contribution in [2.75, 3.05) is 43.4 Å². The molecule has 0 bridgehead atoms. The lowest BCUT2D eigenvalue weighted by Crippen LogP contribution is -2.50. The molecule has 182 valence electrons. The summed E-state index contributed by atoms with van der Waals surface area (Å²) in [5.74, 6) is -0.127. The van der Waals surface area contributed by atoms with Gasteiger partial charge in [0, 0.05) is 37.3 Å². The first kappa shape index (κ1) is 24.2. The predicted molar refractivity (Wildman–Crippen MR) is 124 cm³/mol. The largest absolute Gasteiger partial charge is 0.462 e. The number of halogens is 3. The van der Waals surface area contributed by atoms with Crippen molar-refractivity contribution in [3.63, 3.8) is 0 Å². The van der Waals surface area contributed by atoms with E-state index < -0.39 is 29.8 Å². The zero-order valence-corrected chi connectivity index (χ0v) is 19.4. The molecule has 2 aliphatic heterocycles. The van der Waals surface area contributed by atoms with E-state index in [-0.39, 0.29) is 23.7 Å². The van der Waals surface area contributed by atoms with Crippen LogP contribution < -0.4 is 10.5 Å². The zero-order chi connectivity index (χ0) is 24.5. The number of anilines is 1. The fourth-order valence-electron chi connectivity index (χ4n) is 4.30. The molecule has 0 saturated carbocycles. The highest BCUT2D eigenvalue weighted by atomic mass is 32.2. The minimum Gasteiger partial charge on any atom is -0.462 e. The molecule has 34 heavy (non-hydrogen) atoms. The number of alkyl halides is 3. The smallest absolute Gasteiger partial charge is 0.406 e. The first-order valence-corrected chi connectivity index (χ1v) is 12.0. The Hall–Kier alpha value is -2.95. The van der Waals surface area contributed by atoms with E-state index in [2.05, 4.69) is 0 Å². The third-order valence-electron chi connectivity index (χ3n) is 5.76. The van der Waals surface area contributed by atoms with Gasteiger partial charge in [0.1, 0.15) is 12.1 Å². The molecule has 11 heteroatoms. The molecule has 1 amide bonds. The number of aromatic nitrogens is 1. The van der Waals surface area contributed by atoms with Crippen molar-refractivity contribution in [3.8, 4) is 0 Å². The van der Waals surface area contributed by atoms with Crippen molar-refractivity contribution < 1.29 is 27.5 Å². The van der Waals surface area contributed by atoms with Crippen LogP contribution in [0.5, 0.6) is 0 Å². The second kappa shape index (κ2) is 9.73. The summed E-state index contributed by atoms with van der Waals surface area (Å²) in [6.45, 7) is 1.38. The number of hydrogen-bond acceptors (Lipinski definition) is 6. The molecule has 1 saturated heterocycles. The third kappa shape index (κ3) is 4.79. The number of carbonyl (C=O) groups is 2. The quantitative estimate of drug-likeness (QED) is 0.592. The average Bonchev–Trinajstić information content (AvgIpc) is 3.34. The number of ether oxygens (including phenoxy) is 1. The molecule has 0 unspecified atom stereocenters. The Morgan fingerprint density at radius 3 is 2.44 bits per heavy atom. The number of amides is 1. The van der Waals surface area contributed by atoms with Gasteiger partial charge in [0.2, 0.25) is 0 Å². The zero-order valence-electron chi connectivity index (χ0n) is 18.6. The number of thioether (sulfide) groups is 1. The van der Waals surface area contributed by atoms with Crippen LogP contribution in [0.4, 0.5) is 18.9 Å². The van der Waals surface area contributed by atoms with Gasteiger partial charge in [-0.25, -0.2) is 4.79 Å². The maximum Gasteiger partial charge on any atom is 0.406 e. The van der Waals surface area contributed by atoms with Crippen molar-refractivity contribution in [3.05, 3.63) is 51.2 Å². The maximum absolute atomic E-state index is 13.3. The number of rotatable bonds is 5. The second-order valence-corrected chi connectivity index (χ2v) is 9.09. The van der Waals surface area contributed by atoms with Gasteiger partial charge in [-0.1, -0.05) is 24.3 Å². The lowest BCUT2D eigenvalue weighted by Gasteiger charge is -2.37. The van der Waals surface area contributed by atoms with Gasteiger partial charge < -0.3 is 14.5 Å². The van der Waals surface area contributed by atoms with Gasteiger partial charge in [-0.2, -0.15) is 13.2 Å². The van der Waals surface area contributed by atoms with E-state index in [9.17, 15) is 27.6 Å². The van der Waals surface area contributed by atoms with Crippen molar-refractivity contribution in [2.24, 2.45) is 0 Å². The molecular weight excluding hydrogens is 471 g/mol. The fourth-order valence-corrected chi connectivity index (χ4v) is 5.24. The summed E-state index contributed by atoms with van der Waals surface area (Å²) >= 11 is 1.52. The molecule has 1 aromatic heterocycles. The molecule has 7 nitrogen and oxygen atoms in total. The molecule has 2 aliphatic rings. The first-order chi connectivity index (χ1) is 16.2. The number of para-hydroxylation sites is 1. The minimum absolute atomic E-state index is 0.0289. The van der Waals surface area contributed by atoms with Crippen LogP contribution in [0.25, 0.3) is 10.9 Å². The minimum atomic E-state index is -4.65. The van der Waals surface area contributed by atoms with Gasteiger partial charge in [-0.3, -0.25) is 14.2 Å². The Morgan fingerprint density at radius 2 is 1.82 bits per heavy atom. The van der Waals surface area contributed by atoms with Gasteiger partial charge in [0.15, 0.2) is 0 Å². The summed E-state index contributed by atoms with van der Waals surface area (Å²) < 4.78 is 45.6.